The van der Waals surface area contributed by atoms with Gasteiger partial charge in [-0.25, -0.2) is 4.39 Å². The molecule has 1 fully saturated rings. The van der Waals surface area contributed by atoms with Gasteiger partial charge in [0, 0.05) is 18.1 Å². The molecular weight excluding hydrogens is 329 g/mol. The number of amides is 1. The summed E-state index contributed by atoms with van der Waals surface area (Å²) in [5.41, 5.74) is 0.731. The van der Waals surface area contributed by atoms with E-state index in [-0.39, 0.29) is 36.9 Å². The van der Waals surface area contributed by atoms with E-state index in [1.54, 1.807) is 18.1 Å². The van der Waals surface area contributed by atoms with E-state index >= 15 is 0 Å². The van der Waals surface area contributed by atoms with Gasteiger partial charge in [-0.15, -0.1) is 0 Å². The van der Waals surface area contributed by atoms with Crippen LogP contribution in [0.25, 0.3) is 0 Å². The SMILES string of the molecule is CO[C@H]1C[C@@H](CO)N(C(=O)Cc2ccc(F)cc2Br)C1. The second-order valence-electron chi connectivity index (χ2n) is 4.89. The van der Waals surface area contributed by atoms with Crippen molar-refractivity contribution in [3.05, 3.63) is 34.1 Å². The molecule has 20 heavy (non-hydrogen) atoms. The van der Waals surface area contributed by atoms with Gasteiger partial charge in [0.05, 0.1) is 25.2 Å². The minimum Gasteiger partial charge on any atom is -0.394 e. The monoisotopic (exact) mass is 345 g/mol. The van der Waals surface area contributed by atoms with Crippen LogP contribution in [-0.4, -0.2) is 48.3 Å². The minimum absolute atomic E-state index is 0.0345. The van der Waals surface area contributed by atoms with Crippen molar-refractivity contribution in [2.75, 3.05) is 20.3 Å². The number of ether oxygens (including phenoxy) is 1. The zero-order chi connectivity index (χ0) is 14.7. The Balaban J connectivity index is 2.07. The fourth-order valence-electron chi connectivity index (χ4n) is 2.45. The first-order chi connectivity index (χ1) is 9.55. The molecule has 0 bridgehead atoms. The van der Waals surface area contributed by atoms with Gasteiger partial charge in [0.15, 0.2) is 0 Å². The Bertz CT molecular complexity index is 497. The molecule has 1 aromatic carbocycles. The van der Waals surface area contributed by atoms with E-state index in [2.05, 4.69) is 15.9 Å². The Hall–Kier alpha value is -0.980. The highest BCUT2D eigenvalue weighted by Gasteiger charge is 2.34. The standard InChI is InChI=1S/C14H17BrFNO3/c1-20-12-6-11(8-18)17(7-12)14(19)4-9-2-3-10(16)5-13(9)15/h2-3,5,11-12,18H,4,6-8H2,1H3/t11-,12-/m0/s1. The quantitative estimate of drug-likeness (QED) is 0.904. The predicted molar refractivity (Wildman–Crippen MR) is 75.8 cm³/mol. The van der Waals surface area contributed by atoms with Crippen molar-refractivity contribution >= 4 is 21.8 Å². The number of rotatable bonds is 4. The Labute approximate surface area is 125 Å². The number of carbonyl (C=O) groups is 1. The third kappa shape index (κ3) is 3.37. The summed E-state index contributed by atoms with van der Waals surface area (Å²) in [6, 6.07) is 4.06. The summed E-state index contributed by atoms with van der Waals surface area (Å²) in [5, 5.41) is 9.35. The molecule has 0 aliphatic carbocycles. The van der Waals surface area contributed by atoms with Crippen LogP contribution in [0.4, 0.5) is 4.39 Å². The molecule has 1 saturated heterocycles. The van der Waals surface area contributed by atoms with Crippen molar-refractivity contribution in [3.8, 4) is 0 Å². The van der Waals surface area contributed by atoms with Crippen LogP contribution in [0.15, 0.2) is 22.7 Å². The number of methoxy groups -OCH3 is 1. The maximum absolute atomic E-state index is 13.0. The number of aliphatic hydroxyl groups is 1. The highest BCUT2D eigenvalue weighted by Crippen LogP contribution is 2.23. The van der Waals surface area contributed by atoms with E-state index in [0.717, 1.165) is 5.56 Å². The van der Waals surface area contributed by atoms with Crippen molar-refractivity contribution < 1.29 is 19.0 Å². The van der Waals surface area contributed by atoms with Gasteiger partial charge in [0.1, 0.15) is 5.82 Å². The van der Waals surface area contributed by atoms with Gasteiger partial charge in [-0.2, -0.15) is 0 Å². The molecule has 110 valence electrons. The number of nitrogens with zero attached hydrogens (tertiary/aromatic N) is 1. The van der Waals surface area contributed by atoms with Crippen molar-refractivity contribution in [1.29, 1.82) is 0 Å². The van der Waals surface area contributed by atoms with Crippen LogP contribution >= 0.6 is 15.9 Å². The first-order valence-corrected chi connectivity index (χ1v) is 7.21. The van der Waals surface area contributed by atoms with Crippen LogP contribution in [0.5, 0.6) is 0 Å². The van der Waals surface area contributed by atoms with Crippen LogP contribution in [0.2, 0.25) is 0 Å². The molecule has 0 spiro atoms. The number of likely N-dealkylation sites (tertiary alicyclic amines) is 1. The molecule has 2 atom stereocenters. The van der Waals surface area contributed by atoms with Crippen LogP contribution in [0.3, 0.4) is 0 Å². The summed E-state index contributed by atoms with van der Waals surface area (Å²) in [4.78, 5) is 14.0. The predicted octanol–water partition coefficient (Wildman–Crippen LogP) is 1.74. The lowest BCUT2D eigenvalue weighted by Gasteiger charge is -2.23. The van der Waals surface area contributed by atoms with Crippen LogP contribution in [-0.2, 0) is 16.0 Å². The summed E-state index contributed by atoms with van der Waals surface area (Å²) in [7, 11) is 1.60. The summed E-state index contributed by atoms with van der Waals surface area (Å²) < 4.78 is 18.9. The molecule has 0 saturated carbocycles. The Morgan fingerprint density at radius 1 is 1.60 bits per heavy atom. The lowest BCUT2D eigenvalue weighted by Crippen LogP contribution is -2.39. The third-order valence-corrected chi connectivity index (χ3v) is 4.34. The molecule has 1 heterocycles. The molecule has 1 aliphatic rings. The zero-order valence-electron chi connectivity index (χ0n) is 11.2. The lowest BCUT2D eigenvalue weighted by molar-refractivity contribution is -0.132. The second-order valence-corrected chi connectivity index (χ2v) is 5.74. The van der Waals surface area contributed by atoms with E-state index in [0.29, 0.717) is 17.4 Å². The van der Waals surface area contributed by atoms with E-state index in [1.165, 1.54) is 12.1 Å². The first-order valence-electron chi connectivity index (χ1n) is 6.42. The summed E-state index contributed by atoms with van der Waals surface area (Å²) >= 11 is 3.26. The normalized spacial score (nSPS) is 22.3. The first kappa shape index (κ1) is 15.4. The lowest BCUT2D eigenvalue weighted by atomic mass is 10.1. The highest BCUT2D eigenvalue weighted by molar-refractivity contribution is 9.10. The number of carbonyl (C=O) groups excluding carboxylic acids is 1. The van der Waals surface area contributed by atoms with Gasteiger partial charge in [0.25, 0.3) is 0 Å². The Morgan fingerprint density at radius 3 is 2.95 bits per heavy atom. The fourth-order valence-corrected chi connectivity index (χ4v) is 2.94. The fraction of sp³-hybridized carbons (Fsp3) is 0.500. The molecule has 1 amide bonds. The van der Waals surface area contributed by atoms with E-state index in [1.807, 2.05) is 0 Å². The third-order valence-electron chi connectivity index (χ3n) is 3.60. The number of benzene rings is 1. The number of aliphatic hydroxyl groups excluding tert-OH is 1. The van der Waals surface area contributed by atoms with E-state index in [9.17, 15) is 14.3 Å². The van der Waals surface area contributed by atoms with Gasteiger partial charge >= 0.3 is 0 Å². The molecule has 6 heteroatoms. The van der Waals surface area contributed by atoms with Gasteiger partial charge in [-0.3, -0.25) is 4.79 Å². The van der Waals surface area contributed by atoms with Crippen molar-refractivity contribution in [2.24, 2.45) is 0 Å². The Kier molecular flexibility index (Phi) is 5.12. The Morgan fingerprint density at radius 2 is 2.35 bits per heavy atom. The minimum atomic E-state index is -0.345. The number of halogens is 2. The van der Waals surface area contributed by atoms with Crippen molar-refractivity contribution in [1.82, 2.24) is 4.90 Å². The van der Waals surface area contributed by atoms with Crippen molar-refractivity contribution in [2.45, 2.75) is 25.0 Å². The van der Waals surface area contributed by atoms with Gasteiger partial charge in [-0.1, -0.05) is 22.0 Å². The van der Waals surface area contributed by atoms with Crippen LogP contribution in [0.1, 0.15) is 12.0 Å². The smallest absolute Gasteiger partial charge is 0.227 e. The molecule has 1 aliphatic heterocycles. The molecule has 4 nitrogen and oxygen atoms in total. The molecule has 0 aromatic heterocycles. The van der Waals surface area contributed by atoms with Crippen LogP contribution in [0, 0.1) is 5.82 Å². The van der Waals surface area contributed by atoms with E-state index in [4.69, 9.17) is 4.74 Å². The highest BCUT2D eigenvalue weighted by atomic mass is 79.9. The van der Waals surface area contributed by atoms with Gasteiger partial charge in [-0.05, 0) is 24.1 Å². The maximum Gasteiger partial charge on any atom is 0.227 e. The second kappa shape index (κ2) is 6.65. The van der Waals surface area contributed by atoms with Crippen LogP contribution < -0.4 is 0 Å². The summed E-state index contributed by atoms with van der Waals surface area (Å²) in [6.07, 6.45) is 0.782. The molecule has 0 radical (unpaired) electrons. The summed E-state index contributed by atoms with van der Waals surface area (Å²) in [6.45, 7) is 0.412. The molecule has 1 aromatic rings. The molecule has 1 N–H and O–H groups in total. The average Bonchev–Trinajstić information content (AvgIpc) is 2.85. The summed E-state index contributed by atoms with van der Waals surface area (Å²) in [5.74, 6) is -0.433. The largest absolute Gasteiger partial charge is 0.394 e. The average molecular weight is 346 g/mol. The van der Waals surface area contributed by atoms with Gasteiger partial charge < -0.3 is 14.7 Å². The maximum atomic E-state index is 13.0. The molecular formula is C14H17BrFNO3. The topological polar surface area (TPSA) is 49.8 Å². The van der Waals surface area contributed by atoms with Gasteiger partial charge in [0.2, 0.25) is 5.91 Å². The molecule has 2 rings (SSSR count). The molecule has 0 unspecified atom stereocenters. The van der Waals surface area contributed by atoms with Crippen molar-refractivity contribution in [3.63, 3.8) is 0 Å². The zero-order valence-corrected chi connectivity index (χ0v) is 12.8. The number of hydrogen-bond donors (Lipinski definition) is 1. The van der Waals surface area contributed by atoms with E-state index < -0.39 is 0 Å². The number of hydrogen-bond acceptors (Lipinski definition) is 3.